The van der Waals surface area contributed by atoms with Crippen LogP contribution in [0.1, 0.15) is 13.8 Å². The summed E-state index contributed by atoms with van der Waals surface area (Å²) in [6.07, 6.45) is 4.02. The van der Waals surface area contributed by atoms with Gasteiger partial charge in [-0.2, -0.15) is 0 Å². The second-order valence-corrected chi connectivity index (χ2v) is 3.17. The number of aromatic nitrogens is 1. The molecule has 0 amide bonds. The number of nitrogen functional groups attached to an aromatic ring is 1. The predicted octanol–water partition coefficient (Wildman–Crippen LogP) is 1.03. The Bertz CT molecular complexity index is 396. The van der Waals surface area contributed by atoms with E-state index in [9.17, 15) is 0 Å². The van der Waals surface area contributed by atoms with Crippen LogP contribution in [0.3, 0.4) is 0 Å². The van der Waals surface area contributed by atoms with E-state index in [0.717, 1.165) is 15.0 Å². The van der Waals surface area contributed by atoms with Crippen LogP contribution in [0, 0.1) is 0 Å². The highest BCUT2D eigenvalue weighted by atomic mass is 79.9. The van der Waals surface area contributed by atoms with Crippen LogP contribution in [0.15, 0.2) is 10.7 Å². The summed E-state index contributed by atoms with van der Waals surface area (Å²) in [5, 5.41) is 2.20. The van der Waals surface area contributed by atoms with E-state index in [1.807, 2.05) is 32.1 Å². The minimum Gasteiger partial charge on any atom is -0.384 e. The quantitative estimate of drug-likeness (QED) is 0.672. The highest BCUT2D eigenvalue weighted by molar-refractivity contribution is 9.10. The Balaban J connectivity index is 3.70. The molecule has 1 rings (SSSR count). The first-order valence-electron chi connectivity index (χ1n) is 3.73. The fourth-order valence-corrected chi connectivity index (χ4v) is 1.75. The van der Waals surface area contributed by atoms with Crippen molar-refractivity contribution in [3.8, 4) is 0 Å². The molecule has 2 N–H and O–H groups in total. The monoisotopic (exact) mass is 226 g/mol. The van der Waals surface area contributed by atoms with E-state index in [4.69, 9.17) is 5.73 Å². The third-order valence-electron chi connectivity index (χ3n) is 1.66. The van der Waals surface area contributed by atoms with Crippen molar-refractivity contribution in [2.75, 3.05) is 5.73 Å². The van der Waals surface area contributed by atoms with Crippen LogP contribution in [0.2, 0.25) is 0 Å². The first-order valence-corrected chi connectivity index (χ1v) is 4.53. The van der Waals surface area contributed by atoms with Crippen LogP contribution < -0.4 is 16.2 Å². The largest absolute Gasteiger partial charge is 0.384 e. The summed E-state index contributed by atoms with van der Waals surface area (Å²) in [6.45, 7) is 3.96. The lowest BCUT2D eigenvalue weighted by Gasteiger charge is -1.96. The summed E-state index contributed by atoms with van der Waals surface area (Å²) < 4.78 is 0.804. The number of hydrogen-bond acceptors (Lipinski definition) is 2. The lowest BCUT2D eigenvalue weighted by atomic mass is 10.3. The molecule has 1 aromatic rings. The van der Waals surface area contributed by atoms with E-state index >= 15 is 0 Å². The molecule has 0 spiro atoms. The predicted molar refractivity (Wildman–Crippen MR) is 55.9 cm³/mol. The molecule has 0 aliphatic rings. The van der Waals surface area contributed by atoms with Crippen molar-refractivity contribution in [1.82, 2.24) is 4.98 Å². The highest BCUT2D eigenvalue weighted by Gasteiger charge is 1.94. The third kappa shape index (κ3) is 1.67. The first-order chi connectivity index (χ1) is 5.69. The zero-order valence-electron chi connectivity index (χ0n) is 7.13. The number of hydrogen-bond donors (Lipinski definition) is 1. The Labute approximate surface area is 79.9 Å². The number of anilines is 1. The van der Waals surface area contributed by atoms with Crippen LogP contribution in [-0.2, 0) is 0 Å². The van der Waals surface area contributed by atoms with Gasteiger partial charge in [-0.3, -0.25) is 0 Å². The van der Waals surface area contributed by atoms with E-state index < -0.39 is 0 Å². The summed E-state index contributed by atoms with van der Waals surface area (Å²) >= 11 is 3.36. The Morgan fingerprint density at radius 3 is 2.58 bits per heavy atom. The van der Waals surface area contributed by atoms with Gasteiger partial charge in [-0.25, -0.2) is 4.98 Å². The summed E-state index contributed by atoms with van der Waals surface area (Å²) in [5.74, 6) is 0.542. The lowest BCUT2D eigenvalue weighted by Crippen LogP contribution is -2.27. The van der Waals surface area contributed by atoms with Crippen LogP contribution in [-0.4, -0.2) is 4.98 Å². The number of nitrogens with zero attached hydrogens (tertiary/aromatic N) is 1. The Kier molecular flexibility index (Phi) is 2.87. The van der Waals surface area contributed by atoms with Crippen molar-refractivity contribution in [1.29, 1.82) is 0 Å². The van der Waals surface area contributed by atoms with Gasteiger partial charge in [0.15, 0.2) is 0 Å². The molecule has 0 aliphatic heterocycles. The maximum atomic E-state index is 5.58. The molecule has 0 aliphatic carbocycles. The minimum absolute atomic E-state index is 0.542. The van der Waals surface area contributed by atoms with Crippen molar-refractivity contribution in [3.63, 3.8) is 0 Å². The summed E-state index contributed by atoms with van der Waals surface area (Å²) in [7, 11) is 0. The van der Waals surface area contributed by atoms with Crippen molar-refractivity contribution in [3.05, 3.63) is 21.1 Å². The molecule has 12 heavy (non-hydrogen) atoms. The van der Waals surface area contributed by atoms with Gasteiger partial charge in [0.05, 0.1) is 0 Å². The minimum atomic E-state index is 0.542. The maximum absolute atomic E-state index is 5.58. The average Bonchev–Trinajstić information content (AvgIpc) is 2.03. The van der Waals surface area contributed by atoms with Crippen LogP contribution in [0.5, 0.6) is 0 Å². The van der Waals surface area contributed by atoms with Gasteiger partial charge < -0.3 is 5.73 Å². The molecule has 0 saturated heterocycles. The molecule has 0 atom stereocenters. The molecule has 0 saturated carbocycles. The molecule has 0 aromatic carbocycles. The fourth-order valence-electron chi connectivity index (χ4n) is 1.09. The number of nitrogens with two attached hydrogens (primary N) is 1. The van der Waals surface area contributed by atoms with Gasteiger partial charge in [-0.1, -0.05) is 12.2 Å². The normalized spacial score (nSPS) is 13.9. The molecule has 0 unspecified atom stereocenters. The molecule has 0 fully saturated rings. The maximum Gasteiger partial charge on any atom is 0.125 e. The van der Waals surface area contributed by atoms with Crippen molar-refractivity contribution >= 4 is 33.9 Å². The molecular formula is C9H11BrN2. The number of halogens is 1. The van der Waals surface area contributed by atoms with Gasteiger partial charge in [0, 0.05) is 5.22 Å². The van der Waals surface area contributed by atoms with E-state index in [1.165, 1.54) is 0 Å². The smallest absolute Gasteiger partial charge is 0.125 e. The number of rotatable bonds is 0. The molecule has 3 heteroatoms. The van der Waals surface area contributed by atoms with E-state index in [0.29, 0.717) is 5.82 Å². The topological polar surface area (TPSA) is 38.9 Å². The summed E-state index contributed by atoms with van der Waals surface area (Å²) in [5.41, 5.74) is 5.58. The molecule has 0 radical (unpaired) electrons. The van der Waals surface area contributed by atoms with Gasteiger partial charge in [0.1, 0.15) is 10.4 Å². The highest BCUT2D eigenvalue weighted by Crippen LogP contribution is 1.98. The lowest BCUT2D eigenvalue weighted by molar-refractivity contribution is 1.23. The fraction of sp³-hybridized carbons (Fsp3) is 0.222. The molecule has 64 valence electrons. The van der Waals surface area contributed by atoms with Crippen molar-refractivity contribution < 1.29 is 0 Å². The Morgan fingerprint density at radius 2 is 2.08 bits per heavy atom. The molecule has 2 nitrogen and oxygen atoms in total. The zero-order chi connectivity index (χ0) is 9.14. The van der Waals surface area contributed by atoms with Crippen LogP contribution >= 0.6 is 15.9 Å². The van der Waals surface area contributed by atoms with Gasteiger partial charge in [-0.05, 0) is 41.1 Å². The van der Waals surface area contributed by atoms with Gasteiger partial charge >= 0.3 is 0 Å². The van der Waals surface area contributed by atoms with Crippen molar-refractivity contribution in [2.45, 2.75) is 13.8 Å². The van der Waals surface area contributed by atoms with Gasteiger partial charge in [0.25, 0.3) is 0 Å². The molecule has 0 bridgehead atoms. The van der Waals surface area contributed by atoms with Crippen LogP contribution in [0.4, 0.5) is 5.82 Å². The first kappa shape index (κ1) is 9.26. The van der Waals surface area contributed by atoms with Crippen LogP contribution in [0.25, 0.3) is 12.2 Å². The van der Waals surface area contributed by atoms with Gasteiger partial charge in [-0.15, -0.1) is 0 Å². The second-order valence-electron chi connectivity index (χ2n) is 2.42. The molecular weight excluding hydrogens is 216 g/mol. The zero-order valence-corrected chi connectivity index (χ0v) is 8.72. The summed E-state index contributed by atoms with van der Waals surface area (Å²) in [4.78, 5) is 4.10. The SMILES string of the molecule is CC=c1cc(N)nc(Br)c1=CC. The van der Waals surface area contributed by atoms with E-state index in [1.54, 1.807) is 0 Å². The Hall–Kier alpha value is -0.830. The molecule has 1 heterocycles. The third-order valence-corrected chi connectivity index (χ3v) is 2.27. The standard InChI is InChI=1S/C9H11BrN2/c1-3-6-5-8(11)12-9(10)7(6)4-2/h3-5H,11H2,1-2H3. The van der Waals surface area contributed by atoms with E-state index in [-0.39, 0.29) is 0 Å². The second kappa shape index (κ2) is 3.72. The van der Waals surface area contributed by atoms with E-state index in [2.05, 4.69) is 20.9 Å². The summed E-state index contributed by atoms with van der Waals surface area (Å²) in [6, 6.07) is 1.86. The number of pyridine rings is 1. The Morgan fingerprint density at radius 1 is 1.42 bits per heavy atom. The van der Waals surface area contributed by atoms with Crippen molar-refractivity contribution in [2.24, 2.45) is 0 Å². The van der Waals surface area contributed by atoms with Gasteiger partial charge in [0.2, 0.25) is 0 Å². The molecule has 1 aromatic heterocycles. The average molecular weight is 227 g/mol.